The number of nitrogens with one attached hydrogen (secondary N) is 2. The first-order valence-electron chi connectivity index (χ1n) is 7.53. The maximum absolute atomic E-state index is 12.9. The van der Waals surface area contributed by atoms with Crippen LogP contribution in [0.2, 0.25) is 0 Å². The molecule has 0 spiro atoms. The van der Waals surface area contributed by atoms with Crippen LogP contribution in [0.1, 0.15) is 29.9 Å². The van der Waals surface area contributed by atoms with E-state index in [0.29, 0.717) is 13.1 Å². The lowest BCUT2D eigenvalue weighted by molar-refractivity contribution is -0.139. The second-order valence-electron chi connectivity index (χ2n) is 5.69. The van der Waals surface area contributed by atoms with E-state index in [4.69, 9.17) is 0 Å². The summed E-state index contributed by atoms with van der Waals surface area (Å²) in [5.74, 6) is -0.168. The number of rotatable bonds is 2. The van der Waals surface area contributed by atoms with Gasteiger partial charge in [-0.3, -0.25) is 9.59 Å². The second kappa shape index (κ2) is 5.85. The van der Waals surface area contributed by atoms with Crippen molar-refractivity contribution in [2.24, 2.45) is 0 Å². The van der Waals surface area contributed by atoms with Gasteiger partial charge in [0.15, 0.2) is 0 Å². The maximum atomic E-state index is 12.9. The fourth-order valence-electron chi connectivity index (χ4n) is 3.39. The molecule has 2 atom stereocenters. The molecule has 0 bridgehead atoms. The molecule has 0 aromatic heterocycles. The molecule has 1 aromatic carbocycles. The Bertz CT molecular complexity index is 558. The average Bonchev–Trinajstić information content (AvgIpc) is 3.02. The fourth-order valence-corrected chi connectivity index (χ4v) is 3.39. The van der Waals surface area contributed by atoms with Gasteiger partial charge in [0, 0.05) is 26.7 Å². The zero-order valence-electron chi connectivity index (χ0n) is 12.3. The lowest BCUT2D eigenvalue weighted by Crippen LogP contribution is -2.48. The number of nitrogens with zero attached hydrogens (tertiary/aromatic N) is 1. The molecule has 2 N–H and O–H groups in total. The van der Waals surface area contributed by atoms with Crippen molar-refractivity contribution < 1.29 is 9.59 Å². The zero-order valence-corrected chi connectivity index (χ0v) is 12.3. The van der Waals surface area contributed by atoms with Gasteiger partial charge in [-0.1, -0.05) is 24.3 Å². The second-order valence-corrected chi connectivity index (χ2v) is 5.69. The summed E-state index contributed by atoms with van der Waals surface area (Å²) in [5.41, 5.74) is 2.28. The van der Waals surface area contributed by atoms with Crippen molar-refractivity contribution in [3.8, 4) is 0 Å². The van der Waals surface area contributed by atoms with E-state index in [9.17, 15) is 9.59 Å². The summed E-state index contributed by atoms with van der Waals surface area (Å²) in [5, 5.41) is 5.97. The van der Waals surface area contributed by atoms with Gasteiger partial charge in [-0.15, -0.1) is 0 Å². The van der Waals surface area contributed by atoms with E-state index in [1.165, 1.54) is 5.56 Å². The molecule has 1 saturated heterocycles. The molecule has 0 aliphatic carbocycles. The highest BCUT2D eigenvalue weighted by Gasteiger charge is 2.38. The van der Waals surface area contributed by atoms with E-state index in [1.807, 2.05) is 18.2 Å². The lowest BCUT2D eigenvalue weighted by atomic mass is 9.89. The molecular formula is C16H21N3O2. The highest BCUT2D eigenvalue weighted by Crippen LogP contribution is 2.29. The molecule has 0 radical (unpaired) electrons. The summed E-state index contributed by atoms with van der Waals surface area (Å²) in [6, 6.07) is 7.75. The van der Waals surface area contributed by atoms with Crippen LogP contribution >= 0.6 is 0 Å². The van der Waals surface area contributed by atoms with Gasteiger partial charge in [0.25, 0.3) is 0 Å². The Balaban J connectivity index is 1.84. The van der Waals surface area contributed by atoms with Gasteiger partial charge in [0.05, 0.1) is 5.92 Å². The summed E-state index contributed by atoms with van der Waals surface area (Å²) >= 11 is 0. The van der Waals surface area contributed by atoms with Crippen molar-refractivity contribution in [2.75, 3.05) is 20.1 Å². The van der Waals surface area contributed by atoms with Gasteiger partial charge in [-0.25, -0.2) is 0 Å². The van der Waals surface area contributed by atoms with Crippen molar-refractivity contribution in [3.05, 3.63) is 35.4 Å². The van der Waals surface area contributed by atoms with Crippen LogP contribution < -0.4 is 10.6 Å². The molecule has 2 heterocycles. The highest BCUT2D eigenvalue weighted by atomic mass is 16.2. The van der Waals surface area contributed by atoms with Gasteiger partial charge in [-0.2, -0.15) is 0 Å². The monoisotopic (exact) mass is 287 g/mol. The summed E-state index contributed by atoms with van der Waals surface area (Å²) in [7, 11) is 1.63. The van der Waals surface area contributed by atoms with Gasteiger partial charge < -0.3 is 15.5 Å². The Morgan fingerprint density at radius 2 is 2.14 bits per heavy atom. The van der Waals surface area contributed by atoms with Crippen molar-refractivity contribution >= 4 is 11.8 Å². The van der Waals surface area contributed by atoms with Crippen LogP contribution in [0.5, 0.6) is 0 Å². The van der Waals surface area contributed by atoms with Crippen LogP contribution in [0.3, 0.4) is 0 Å². The molecule has 21 heavy (non-hydrogen) atoms. The third-order valence-corrected chi connectivity index (χ3v) is 4.48. The third kappa shape index (κ3) is 2.53. The van der Waals surface area contributed by atoms with Gasteiger partial charge >= 0.3 is 0 Å². The van der Waals surface area contributed by atoms with Crippen molar-refractivity contribution in [1.82, 2.24) is 15.5 Å². The van der Waals surface area contributed by atoms with E-state index in [0.717, 1.165) is 24.9 Å². The SMILES string of the molecule is CNC(=O)C1CCCN1C(=O)C1CNCc2ccccc21. The number of hydrogen-bond acceptors (Lipinski definition) is 3. The normalized spacial score (nSPS) is 24.5. The highest BCUT2D eigenvalue weighted by molar-refractivity contribution is 5.91. The van der Waals surface area contributed by atoms with Crippen LogP contribution in [0.25, 0.3) is 0 Å². The Morgan fingerprint density at radius 3 is 2.95 bits per heavy atom. The van der Waals surface area contributed by atoms with Gasteiger partial charge in [0.2, 0.25) is 11.8 Å². The number of benzene rings is 1. The topological polar surface area (TPSA) is 61.4 Å². The van der Waals surface area contributed by atoms with Crippen LogP contribution in [0, 0.1) is 0 Å². The fraction of sp³-hybridized carbons (Fsp3) is 0.500. The molecule has 2 aliphatic rings. The number of carbonyl (C=O) groups is 2. The molecule has 3 rings (SSSR count). The quantitative estimate of drug-likeness (QED) is 0.838. The molecule has 5 heteroatoms. The first-order chi connectivity index (χ1) is 10.2. The average molecular weight is 287 g/mol. The zero-order chi connectivity index (χ0) is 14.8. The molecule has 2 unspecified atom stereocenters. The minimum Gasteiger partial charge on any atom is -0.357 e. The van der Waals surface area contributed by atoms with Crippen LogP contribution in [0.4, 0.5) is 0 Å². The first kappa shape index (κ1) is 14.1. The Hall–Kier alpha value is -1.88. The Labute approximate surface area is 124 Å². The van der Waals surface area contributed by atoms with Crippen molar-refractivity contribution in [3.63, 3.8) is 0 Å². The summed E-state index contributed by atoms with van der Waals surface area (Å²) < 4.78 is 0. The van der Waals surface area contributed by atoms with Crippen LogP contribution in [-0.2, 0) is 16.1 Å². The number of hydrogen-bond donors (Lipinski definition) is 2. The predicted octanol–water partition coefficient (Wildman–Crippen LogP) is 0.610. The summed E-state index contributed by atoms with van der Waals surface area (Å²) in [6.45, 7) is 2.13. The molecule has 1 aromatic rings. The Kier molecular flexibility index (Phi) is 3.92. The van der Waals surface area contributed by atoms with Gasteiger partial charge in [0.1, 0.15) is 6.04 Å². The number of likely N-dealkylation sites (tertiary alicyclic amines) is 1. The number of amides is 2. The van der Waals surface area contributed by atoms with E-state index in [2.05, 4.69) is 16.7 Å². The van der Waals surface area contributed by atoms with Crippen LogP contribution in [0.15, 0.2) is 24.3 Å². The standard InChI is InChI=1S/C16H21N3O2/c1-17-15(20)14-7-4-8-19(14)16(21)13-10-18-9-11-5-2-3-6-12(11)13/h2-3,5-6,13-14,18H,4,7-10H2,1H3,(H,17,20). The van der Waals surface area contributed by atoms with E-state index < -0.39 is 0 Å². The first-order valence-corrected chi connectivity index (χ1v) is 7.53. The van der Waals surface area contributed by atoms with E-state index >= 15 is 0 Å². The number of carbonyl (C=O) groups excluding carboxylic acids is 2. The third-order valence-electron chi connectivity index (χ3n) is 4.48. The Morgan fingerprint density at radius 1 is 1.33 bits per heavy atom. The molecule has 2 amide bonds. The predicted molar refractivity (Wildman–Crippen MR) is 79.7 cm³/mol. The molecule has 5 nitrogen and oxygen atoms in total. The molecule has 112 valence electrons. The maximum Gasteiger partial charge on any atom is 0.242 e. The largest absolute Gasteiger partial charge is 0.357 e. The van der Waals surface area contributed by atoms with Crippen LogP contribution in [-0.4, -0.2) is 42.9 Å². The number of fused-ring (bicyclic) bond motifs is 1. The molecule has 2 aliphatic heterocycles. The minimum atomic E-state index is -0.309. The number of likely N-dealkylation sites (N-methyl/N-ethyl adjacent to an activating group) is 1. The smallest absolute Gasteiger partial charge is 0.242 e. The van der Waals surface area contributed by atoms with E-state index in [-0.39, 0.29) is 23.8 Å². The molecule has 0 saturated carbocycles. The van der Waals surface area contributed by atoms with E-state index in [1.54, 1.807) is 11.9 Å². The minimum absolute atomic E-state index is 0.0575. The van der Waals surface area contributed by atoms with Crippen molar-refractivity contribution in [1.29, 1.82) is 0 Å². The summed E-state index contributed by atoms with van der Waals surface area (Å²) in [6.07, 6.45) is 1.65. The van der Waals surface area contributed by atoms with Gasteiger partial charge in [-0.05, 0) is 24.0 Å². The lowest BCUT2D eigenvalue weighted by Gasteiger charge is -2.31. The molecule has 1 fully saturated rings. The summed E-state index contributed by atoms with van der Waals surface area (Å²) in [4.78, 5) is 26.6. The van der Waals surface area contributed by atoms with Crippen molar-refractivity contribution in [2.45, 2.75) is 31.3 Å². The molecular weight excluding hydrogens is 266 g/mol.